The van der Waals surface area contributed by atoms with Gasteiger partial charge < -0.3 is 4.74 Å². The smallest absolute Gasteiger partial charge is 0.310 e. The SMILES string of the molecule is COC(=O)C1CC(=O)CN(Cc2ccccc2)C1. The number of Topliss-reactive ketones (excluding diaryl/α,β-unsaturated/α-hetero) is 1. The first-order chi connectivity index (χ1) is 8.69. The van der Waals surface area contributed by atoms with E-state index in [4.69, 9.17) is 4.74 Å². The fourth-order valence-electron chi connectivity index (χ4n) is 2.32. The number of ether oxygens (including phenoxy) is 1. The Morgan fingerprint density at radius 1 is 1.39 bits per heavy atom. The monoisotopic (exact) mass is 247 g/mol. The molecule has 0 aromatic heterocycles. The van der Waals surface area contributed by atoms with Gasteiger partial charge in [-0.2, -0.15) is 0 Å². The highest BCUT2D eigenvalue weighted by molar-refractivity contribution is 5.87. The Labute approximate surface area is 107 Å². The highest BCUT2D eigenvalue weighted by Gasteiger charge is 2.30. The summed E-state index contributed by atoms with van der Waals surface area (Å²) in [6.45, 7) is 1.70. The summed E-state index contributed by atoms with van der Waals surface area (Å²) < 4.78 is 4.72. The Bertz CT molecular complexity index is 430. The van der Waals surface area contributed by atoms with Crippen LogP contribution >= 0.6 is 0 Å². The zero-order chi connectivity index (χ0) is 13.0. The van der Waals surface area contributed by atoms with Gasteiger partial charge in [-0.15, -0.1) is 0 Å². The molecule has 0 N–H and O–H groups in total. The zero-order valence-corrected chi connectivity index (χ0v) is 10.5. The maximum atomic E-state index is 11.6. The minimum Gasteiger partial charge on any atom is -0.469 e. The van der Waals surface area contributed by atoms with Gasteiger partial charge in [0.05, 0.1) is 19.6 Å². The van der Waals surface area contributed by atoms with Gasteiger partial charge in [-0.1, -0.05) is 30.3 Å². The third-order valence-electron chi connectivity index (χ3n) is 3.14. The second-order valence-electron chi connectivity index (χ2n) is 4.62. The van der Waals surface area contributed by atoms with Crippen LogP contribution in [0.15, 0.2) is 30.3 Å². The molecule has 0 bridgehead atoms. The van der Waals surface area contributed by atoms with E-state index in [1.54, 1.807) is 0 Å². The van der Waals surface area contributed by atoms with Gasteiger partial charge in [0.1, 0.15) is 5.78 Å². The standard InChI is InChI=1S/C14H17NO3/c1-18-14(17)12-7-13(16)10-15(9-12)8-11-5-3-2-4-6-11/h2-6,12H,7-10H2,1H3. The van der Waals surface area contributed by atoms with Crippen LogP contribution in [0.5, 0.6) is 0 Å². The lowest BCUT2D eigenvalue weighted by Crippen LogP contribution is -2.43. The first-order valence-corrected chi connectivity index (χ1v) is 6.05. The fraction of sp³-hybridized carbons (Fsp3) is 0.429. The summed E-state index contributed by atoms with van der Waals surface area (Å²) in [7, 11) is 1.36. The van der Waals surface area contributed by atoms with E-state index < -0.39 is 0 Å². The van der Waals surface area contributed by atoms with Crippen LogP contribution in [0.4, 0.5) is 0 Å². The number of hydrogen-bond donors (Lipinski definition) is 0. The Morgan fingerprint density at radius 2 is 2.11 bits per heavy atom. The molecule has 0 amide bonds. The Morgan fingerprint density at radius 3 is 2.78 bits per heavy atom. The minimum absolute atomic E-state index is 0.104. The number of hydrogen-bond acceptors (Lipinski definition) is 4. The number of rotatable bonds is 3. The van der Waals surface area contributed by atoms with Crippen molar-refractivity contribution in [1.82, 2.24) is 4.90 Å². The molecule has 1 aliphatic rings. The maximum Gasteiger partial charge on any atom is 0.310 e. The van der Waals surface area contributed by atoms with E-state index >= 15 is 0 Å². The number of piperidine rings is 1. The molecule has 1 saturated heterocycles. The van der Waals surface area contributed by atoms with Crippen LogP contribution in [0.3, 0.4) is 0 Å². The average molecular weight is 247 g/mol. The Balaban J connectivity index is 2.00. The summed E-state index contributed by atoms with van der Waals surface area (Å²) in [5.41, 5.74) is 1.15. The number of carbonyl (C=O) groups excluding carboxylic acids is 2. The zero-order valence-electron chi connectivity index (χ0n) is 10.5. The molecule has 1 aromatic carbocycles. The van der Waals surface area contributed by atoms with Crippen molar-refractivity contribution < 1.29 is 14.3 Å². The quantitative estimate of drug-likeness (QED) is 0.754. The number of carbonyl (C=O) groups is 2. The summed E-state index contributed by atoms with van der Waals surface area (Å²) in [6.07, 6.45) is 0.304. The van der Waals surface area contributed by atoms with Gasteiger partial charge in [0.2, 0.25) is 0 Å². The number of benzene rings is 1. The van der Waals surface area contributed by atoms with Gasteiger partial charge in [-0.3, -0.25) is 14.5 Å². The van der Waals surface area contributed by atoms with Crippen molar-refractivity contribution in [3.05, 3.63) is 35.9 Å². The molecule has 1 heterocycles. The van der Waals surface area contributed by atoms with Crippen molar-refractivity contribution in [1.29, 1.82) is 0 Å². The highest BCUT2D eigenvalue weighted by atomic mass is 16.5. The predicted molar refractivity (Wildman–Crippen MR) is 66.8 cm³/mol. The maximum absolute atomic E-state index is 11.6. The largest absolute Gasteiger partial charge is 0.469 e. The van der Waals surface area contributed by atoms with Gasteiger partial charge in [0.25, 0.3) is 0 Å². The summed E-state index contributed by atoms with van der Waals surface area (Å²) in [6, 6.07) is 9.94. The molecule has 4 heteroatoms. The summed E-state index contributed by atoms with van der Waals surface area (Å²) >= 11 is 0. The molecule has 2 rings (SSSR count). The molecule has 1 atom stereocenters. The molecular weight excluding hydrogens is 230 g/mol. The fourth-order valence-corrected chi connectivity index (χ4v) is 2.32. The van der Waals surface area contributed by atoms with Gasteiger partial charge in [0.15, 0.2) is 0 Å². The normalized spacial score (nSPS) is 20.7. The number of ketones is 1. The van der Waals surface area contributed by atoms with Gasteiger partial charge in [-0.25, -0.2) is 0 Å². The molecule has 4 nitrogen and oxygen atoms in total. The third-order valence-corrected chi connectivity index (χ3v) is 3.14. The predicted octanol–water partition coefficient (Wildman–Crippen LogP) is 1.25. The second kappa shape index (κ2) is 5.78. The molecule has 18 heavy (non-hydrogen) atoms. The molecule has 96 valence electrons. The molecule has 1 unspecified atom stereocenters. The van der Waals surface area contributed by atoms with E-state index in [-0.39, 0.29) is 17.7 Å². The van der Waals surface area contributed by atoms with Crippen molar-refractivity contribution in [2.45, 2.75) is 13.0 Å². The molecule has 1 aliphatic heterocycles. The lowest BCUT2D eigenvalue weighted by molar-refractivity contribution is -0.150. The lowest BCUT2D eigenvalue weighted by Gasteiger charge is -2.30. The Hall–Kier alpha value is -1.68. The van der Waals surface area contributed by atoms with Gasteiger partial charge >= 0.3 is 5.97 Å². The number of likely N-dealkylation sites (tertiary alicyclic amines) is 1. The van der Waals surface area contributed by atoms with E-state index in [0.29, 0.717) is 26.1 Å². The van der Waals surface area contributed by atoms with Crippen molar-refractivity contribution >= 4 is 11.8 Å². The molecule has 1 fully saturated rings. The molecule has 0 saturated carbocycles. The van der Waals surface area contributed by atoms with E-state index in [1.807, 2.05) is 35.2 Å². The van der Waals surface area contributed by atoms with Crippen LogP contribution in [-0.2, 0) is 20.9 Å². The molecule has 0 aliphatic carbocycles. The van der Waals surface area contributed by atoms with E-state index in [0.717, 1.165) is 5.56 Å². The van der Waals surface area contributed by atoms with E-state index in [1.165, 1.54) is 7.11 Å². The number of nitrogens with zero attached hydrogens (tertiary/aromatic N) is 1. The van der Waals surface area contributed by atoms with Crippen molar-refractivity contribution in [2.24, 2.45) is 5.92 Å². The molecular formula is C14H17NO3. The second-order valence-corrected chi connectivity index (χ2v) is 4.62. The summed E-state index contributed by atoms with van der Waals surface area (Å²) in [4.78, 5) is 25.2. The molecule has 1 aromatic rings. The summed E-state index contributed by atoms with van der Waals surface area (Å²) in [5, 5.41) is 0. The van der Waals surface area contributed by atoms with E-state index in [2.05, 4.69) is 0 Å². The topological polar surface area (TPSA) is 46.6 Å². The highest BCUT2D eigenvalue weighted by Crippen LogP contribution is 2.17. The van der Waals surface area contributed by atoms with Crippen LogP contribution < -0.4 is 0 Å². The van der Waals surface area contributed by atoms with Crippen LogP contribution in [0, 0.1) is 5.92 Å². The van der Waals surface area contributed by atoms with E-state index in [9.17, 15) is 9.59 Å². The van der Waals surface area contributed by atoms with Crippen molar-refractivity contribution in [2.75, 3.05) is 20.2 Å². The molecule has 0 spiro atoms. The first kappa shape index (κ1) is 12.8. The van der Waals surface area contributed by atoms with Crippen LogP contribution in [0.2, 0.25) is 0 Å². The van der Waals surface area contributed by atoms with Crippen LogP contribution in [0.1, 0.15) is 12.0 Å². The van der Waals surface area contributed by atoms with Gasteiger partial charge in [-0.05, 0) is 5.56 Å². The molecule has 0 radical (unpaired) electrons. The van der Waals surface area contributed by atoms with Crippen molar-refractivity contribution in [3.8, 4) is 0 Å². The van der Waals surface area contributed by atoms with Crippen molar-refractivity contribution in [3.63, 3.8) is 0 Å². The number of methoxy groups -OCH3 is 1. The minimum atomic E-state index is -0.319. The van der Waals surface area contributed by atoms with Crippen LogP contribution in [-0.4, -0.2) is 36.9 Å². The van der Waals surface area contributed by atoms with Crippen LogP contribution in [0.25, 0.3) is 0 Å². The lowest BCUT2D eigenvalue weighted by atomic mass is 9.97. The average Bonchev–Trinajstić information content (AvgIpc) is 2.38. The Kier molecular flexibility index (Phi) is 4.10. The number of esters is 1. The first-order valence-electron chi connectivity index (χ1n) is 6.05. The third kappa shape index (κ3) is 3.17. The summed E-state index contributed by atoms with van der Waals surface area (Å²) in [5.74, 6) is -0.506. The van der Waals surface area contributed by atoms with Gasteiger partial charge in [0, 0.05) is 19.5 Å².